The van der Waals surface area contributed by atoms with Crippen molar-refractivity contribution in [1.29, 1.82) is 0 Å². The third kappa shape index (κ3) is 10.0. The van der Waals surface area contributed by atoms with E-state index in [0.717, 1.165) is 0 Å². The number of carboxylic acids is 1. The minimum Gasteiger partial charge on any atom is -0.735 e. The lowest BCUT2D eigenvalue weighted by Crippen LogP contribution is -2.64. The number of hydrogen-bond acceptors (Lipinski definition) is 17. The fourth-order valence-electron chi connectivity index (χ4n) is 4.78. The molecule has 0 bridgehead atoms. The van der Waals surface area contributed by atoms with Crippen molar-refractivity contribution in [3.05, 3.63) is 0 Å². The summed E-state index contributed by atoms with van der Waals surface area (Å²) in [5, 5.41) is 28.7. The van der Waals surface area contributed by atoms with Crippen LogP contribution in [0.5, 0.6) is 0 Å². The molecule has 2 aliphatic heterocycles. The second-order valence-corrected chi connectivity index (χ2v) is 12.6. The lowest BCUT2D eigenvalue weighted by atomic mass is 9.76. The molecule has 0 amide bonds. The van der Waals surface area contributed by atoms with Gasteiger partial charge < -0.3 is 43.2 Å². The van der Waals surface area contributed by atoms with E-state index in [1.165, 1.54) is 4.72 Å². The Bertz CT molecular complexity index is 1180. The number of aliphatic hydroxyl groups excluding tert-OH is 2. The third-order valence-electron chi connectivity index (χ3n) is 6.92. The summed E-state index contributed by atoms with van der Waals surface area (Å²) in [6, 6.07) is -2.02. The number of nitrogens with one attached hydrogen (secondary N) is 1. The van der Waals surface area contributed by atoms with E-state index in [0.29, 0.717) is 0 Å². The van der Waals surface area contributed by atoms with Gasteiger partial charge in [0, 0.05) is 18.4 Å². The van der Waals surface area contributed by atoms with Gasteiger partial charge in [0.05, 0.1) is 50.8 Å². The molecule has 2 fully saturated rings. The average molecular weight is 645 g/mol. The van der Waals surface area contributed by atoms with Gasteiger partial charge in [0.1, 0.15) is 6.10 Å². The Morgan fingerprint density at radius 2 is 1.45 bits per heavy atom. The first-order valence-electron chi connectivity index (χ1n) is 11.6. The van der Waals surface area contributed by atoms with Crippen molar-refractivity contribution in [3.63, 3.8) is 0 Å². The molecule has 0 aromatic heterocycles. The van der Waals surface area contributed by atoms with Crippen LogP contribution in [-0.2, 0) is 58.5 Å². The maximum atomic E-state index is 11.6. The Hall–Kier alpha value is -1.12. The van der Waals surface area contributed by atoms with Crippen LogP contribution in [0.25, 0.3) is 0 Å². The van der Waals surface area contributed by atoms with Crippen molar-refractivity contribution in [2.75, 3.05) is 33.0 Å². The summed E-state index contributed by atoms with van der Waals surface area (Å²) >= 11 is 0. The van der Waals surface area contributed by atoms with E-state index >= 15 is 0 Å². The summed E-state index contributed by atoms with van der Waals surface area (Å²) < 4.78 is 128. The Morgan fingerprint density at radius 1 is 0.825 bits per heavy atom. The molecule has 40 heavy (non-hydrogen) atoms. The molecular weight excluding hydrogens is 614 g/mol. The number of rotatable bonds is 14. The number of carboxylic acid groups (broad SMARTS) is 1. The molecule has 0 saturated carbocycles. The highest BCUT2D eigenvalue weighted by Gasteiger charge is 2.49. The van der Waals surface area contributed by atoms with Crippen LogP contribution in [0.3, 0.4) is 0 Å². The zero-order valence-corrected chi connectivity index (χ0v) is 23.4. The highest BCUT2D eigenvalue weighted by molar-refractivity contribution is 7.83. The lowest BCUT2D eigenvalue weighted by Gasteiger charge is -2.47. The van der Waals surface area contributed by atoms with Crippen LogP contribution in [0.1, 0.15) is 13.8 Å². The topological polar surface area (TPSA) is 308 Å². The van der Waals surface area contributed by atoms with Crippen LogP contribution in [0.15, 0.2) is 0 Å². The summed E-state index contributed by atoms with van der Waals surface area (Å²) in [4.78, 5) is 11.6. The monoisotopic (exact) mass is 644 g/mol. The lowest BCUT2D eigenvalue weighted by molar-refractivity contribution is -0.201. The second-order valence-electron chi connectivity index (χ2n) is 9.35. The van der Waals surface area contributed by atoms with Gasteiger partial charge in [0.15, 0.2) is 16.4 Å². The number of aliphatic carboxylic acids is 1. The molecule has 22 heteroatoms. The van der Waals surface area contributed by atoms with Gasteiger partial charge in [-0.1, -0.05) is 13.8 Å². The summed E-state index contributed by atoms with van der Waals surface area (Å²) in [5.41, 5.74) is 0. The Balaban J connectivity index is 2.37. The molecule has 2 rings (SSSR count). The first kappa shape index (κ1) is 35.1. The first-order valence-corrected chi connectivity index (χ1v) is 15.7. The molecule has 2 saturated heterocycles. The quantitative estimate of drug-likeness (QED) is 0.103. The average Bonchev–Trinajstić information content (AvgIpc) is 2.80. The molecule has 4 N–H and O–H groups in total. The van der Waals surface area contributed by atoms with Gasteiger partial charge >= 0.3 is 5.97 Å². The molecule has 19 nitrogen and oxygen atoms in total. The number of hydrogen-bond donors (Lipinski definition) is 4. The first-order chi connectivity index (χ1) is 18.3. The zero-order valence-electron chi connectivity index (χ0n) is 21.0. The predicted molar refractivity (Wildman–Crippen MR) is 122 cm³/mol. The van der Waals surface area contributed by atoms with Gasteiger partial charge in [-0.2, -0.15) is 0 Å². The van der Waals surface area contributed by atoms with Crippen molar-refractivity contribution in [1.82, 2.24) is 4.72 Å². The van der Waals surface area contributed by atoms with Crippen molar-refractivity contribution in [2.45, 2.75) is 50.4 Å². The molecule has 10 atom stereocenters. The molecule has 4 unspecified atom stereocenters. The Kier molecular flexibility index (Phi) is 12.2. The van der Waals surface area contributed by atoms with E-state index in [1.54, 1.807) is 13.8 Å². The van der Waals surface area contributed by atoms with Gasteiger partial charge in [-0.05, 0) is 11.8 Å². The molecule has 0 aromatic carbocycles. The van der Waals surface area contributed by atoms with Crippen LogP contribution in [-0.4, -0.2) is 130 Å². The fourth-order valence-corrected chi connectivity index (χ4v) is 6.24. The third-order valence-corrected chi connectivity index (χ3v) is 8.36. The Labute approximate surface area is 230 Å². The Morgan fingerprint density at radius 3 is 1.93 bits per heavy atom. The van der Waals surface area contributed by atoms with E-state index in [-0.39, 0.29) is 5.92 Å². The number of aliphatic hydroxyl groups is 2. The van der Waals surface area contributed by atoms with Crippen LogP contribution in [0.4, 0.5) is 0 Å². The number of ether oxygens (including phenoxy) is 3. The SMILES string of the molecule is CC1[C@H](COC[C@@H]2C(COS(=O)(=O)[O-])O[C@H](CO)C(NS(=O)(=O)[O-])[C@@H]2OS(=O)(=O)[O-])OC(C(=O)O)[C@@H](CO)[C@H]1C. The molecule has 0 radical (unpaired) electrons. The predicted octanol–water partition coefficient (Wildman–Crippen LogP) is -4.15. The summed E-state index contributed by atoms with van der Waals surface area (Å²) in [6.45, 7) is -0.474. The van der Waals surface area contributed by atoms with E-state index in [4.69, 9.17) is 14.2 Å². The molecular formula is C18H30NO18S3-3. The highest BCUT2D eigenvalue weighted by atomic mass is 32.3. The van der Waals surface area contributed by atoms with Crippen LogP contribution >= 0.6 is 0 Å². The van der Waals surface area contributed by atoms with E-state index < -0.39 is 124 Å². The van der Waals surface area contributed by atoms with Crippen molar-refractivity contribution in [2.24, 2.45) is 23.7 Å². The van der Waals surface area contributed by atoms with Crippen molar-refractivity contribution in [3.8, 4) is 0 Å². The normalized spacial score (nSPS) is 35.9. The minimum atomic E-state index is -5.65. The molecule has 0 aliphatic carbocycles. The molecule has 236 valence electrons. The van der Waals surface area contributed by atoms with Gasteiger partial charge in [0.2, 0.25) is 20.8 Å². The van der Waals surface area contributed by atoms with Crippen molar-refractivity contribution >= 4 is 37.1 Å². The second kappa shape index (κ2) is 13.9. The molecule has 2 heterocycles. The fraction of sp³-hybridized carbons (Fsp3) is 0.944. The van der Waals surface area contributed by atoms with Crippen LogP contribution in [0, 0.1) is 23.7 Å². The maximum absolute atomic E-state index is 11.6. The summed E-state index contributed by atoms with van der Waals surface area (Å²) in [7, 11) is -16.4. The molecule has 0 spiro atoms. The highest BCUT2D eigenvalue weighted by Crippen LogP contribution is 2.36. The van der Waals surface area contributed by atoms with Crippen LogP contribution in [0.2, 0.25) is 0 Å². The van der Waals surface area contributed by atoms with Gasteiger partial charge in [-0.3, -0.25) is 8.37 Å². The molecule has 2 aliphatic rings. The van der Waals surface area contributed by atoms with Crippen LogP contribution < -0.4 is 4.72 Å². The van der Waals surface area contributed by atoms with Gasteiger partial charge in [0.25, 0.3) is 0 Å². The smallest absolute Gasteiger partial charge is 0.333 e. The van der Waals surface area contributed by atoms with E-state index in [9.17, 15) is 59.0 Å². The largest absolute Gasteiger partial charge is 0.735 e. The van der Waals surface area contributed by atoms with Gasteiger partial charge in [-0.25, -0.2) is 34.8 Å². The number of carbonyl (C=O) groups is 1. The zero-order chi connectivity index (χ0) is 30.6. The summed E-state index contributed by atoms with van der Waals surface area (Å²) in [6.07, 6.45) is -7.94. The summed E-state index contributed by atoms with van der Waals surface area (Å²) in [5.74, 6) is -4.51. The van der Waals surface area contributed by atoms with E-state index in [1.807, 2.05) is 0 Å². The van der Waals surface area contributed by atoms with Crippen molar-refractivity contribution < 1.29 is 81.6 Å². The standard InChI is InChI=1S/C18H33NO18S3/c1-8-9(2)13(36-17(18(22)23)10(8)3-20)6-33-5-11-14(7-34-39(27,28)29)35-12(4-21)15(19-38(24,25)26)16(11)37-40(30,31)32/h8-17,19-21H,3-7H2,1-2H3,(H,22,23)(H,24,25,26)(H,27,28,29)(H,30,31,32)/p-3/t8-,9?,10-,11+,12+,13-,14?,15?,16+,17?/m0/s1. The van der Waals surface area contributed by atoms with Gasteiger partial charge in [-0.15, -0.1) is 0 Å². The molecule has 0 aromatic rings. The van der Waals surface area contributed by atoms with E-state index in [2.05, 4.69) is 8.37 Å². The minimum absolute atomic E-state index is 0.377. The maximum Gasteiger partial charge on any atom is 0.333 e.